The van der Waals surface area contributed by atoms with Crippen LogP contribution in [-0.2, 0) is 22.4 Å². The van der Waals surface area contributed by atoms with Crippen molar-refractivity contribution in [3.8, 4) is 0 Å². The molecule has 8 heteroatoms. The van der Waals surface area contributed by atoms with Crippen LogP contribution in [0.4, 0.5) is 9.80 Å². The summed E-state index contributed by atoms with van der Waals surface area (Å²) in [5, 5.41) is 9.55. The average molecular weight is 436 g/mol. The number of ether oxygens (including phenoxy) is 1. The molecule has 1 aromatic heterocycles. The summed E-state index contributed by atoms with van der Waals surface area (Å²) in [6.45, 7) is 10.1. The molecule has 3 rings (SSSR count). The van der Waals surface area contributed by atoms with Crippen LogP contribution in [0.25, 0.3) is 0 Å². The summed E-state index contributed by atoms with van der Waals surface area (Å²) in [5.74, 6) is 0.229. The molecule has 30 heavy (non-hydrogen) atoms. The summed E-state index contributed by atoms with van der Waals surface area (Å²) in [4.78, 5) is 38.7. The Morgan fingerprint density at radius 1 is 1.17 bits per heavy atom. The molecule has 2 aliphatic carbocycles. The van der Waals surface area contributed by atoms with E-state index in [4.69, 9.17) is 4.74 Å². The first kappa shape index (κ1) is 22.6. The zero-order valence-electron chi connectivity index (χ0n) is 18.5. The van der Waals surface area contributed by atoms with Crippen molar-refractivity contribution < 1.29 is 19.1 Å². The van der Waals surface area contributed by atoms with Gasteiger partial charge in [0.2, 0.25) is 5.91 Å². The number of nitrogens with one attached hydrogen (secondary N) is 3. The Labute approximate surface area is 182 Å². The zero-order chi connectivity index (χ0) is 22.1. The summed E-state index contributed by atoms with van der Waals surface area (Å²) in [6, 6.07) is -0.106. The average Bonchev–Trinajstić information content (AvgIpc) is 3.40. The van der Waals surface area contributed by atoms with Crippen LogP contribution in [0.1, 0.15) is 74.7 Å². The topological polar surface area (TPSA) is 96.5 Å². The second kappa shape index (κ2) is 8.96. The molecule has 0 saturated heterocycles. The molecule has 2 aliphatic rings. The van der Waals surface area contributed by atoms with Gasteiger partial charge < -0.3 is 20.7 Å². The van der Waals surface area contributed by atoms with Crippen LogP contribution in [0.3, 0.4) is 0 Å². The number of carbonyl (C=O) groups excluding carboxylic acids is 3. The third-order valence-electron chi connectivity index (χ3n) is 5.06. The minimum absolute atomic E-state index is 0.00469. The van der Waals surface area contributed by atoms with Gasteiger partial charge in [-0.05, 0) is 64.4 Å². The van der Waals surface area contributed by atoms with Crippen LogP contribution in [-0.4, -0.2) is 36.1 Å². The van der Waals surface area contributed by atoms with Gasteiger partial charge in [0.05, 0.1) is 5.56 Å². The van der Waals surface area contributed by atoms with E-state index in [1.807, 2.05) is 34.6 Å². The lowest BCUT2D eigenvalue weighted by atomic mass is 9.91. The van der Waals surface area contributed by atoms with E-state index in [1.165, 1.54) is 11.3 Å². The van der Waals surface area contributed by atoms with Crippen molar-refractivity contribution in [1.29, 1.82) is 0 Å². The third kappa shape index (κ3) is 5.97. The van der Waals surface area contributed by atoms with E-state index >= 15 is 0 Å². The molecule has 0 bridgehead atoms. The van der Waals surface area contributed by atoms with Crippen LogP contribution in [0.5, 0.6) is 0 Å². The third-order valence-corrected chi connectivity index (χ3v) is 6.27. The van der Waals surface area contributed by atoms with Crippen molar-refractivity contribution in [2.75, 3.05) is 11.9 Å². The molecule has 1 aromatic rings. The Bertz CT molecular complexity index is 821. The standard InChI is InChI=1S/C22H33N3O4S/c1-12(2)11-23-19(27)17-15-10-14(24-21(28)29-22(3,4)5)8-9-16(15)30-20(17)25-18(26)13-6-7-13/h12-14H,6-11H2,1-5H3,(H,23,27)(H,24,28)(H,25,26). The molecule has 1 heterocycles. The van der Waals surface area contributed by atoms with E-state index in [2.05, 4.69) is 16.0 Å². The molecule has 1 saturated carbocycles. The molecular weight excluding hydrogens is 402 g/mol. The van der Waals surface area contributed by atoms with E-state index < -0.39 is 11.7 Å². The number of anilines is 1. The predicted octanol–water partition coefficient (Wildman–Crippen LogP) is 3.86. The first-order chi connectivity index (χ1) is 14.0. The number of fused-ring (bicyclic) bond motifs is 1. The number of carbonyl (C=O) groups is 3. The number of hydrogen-bond acceptors (Lipinski definition) is 5. The van der Waals surface area contributed by atoms with E-state index in [0.717, 1.165) is 36.1 Å². The predicted molar refractivity (Wildman–Crippen MR) is 118 cm³/mol. The normalized spacial score (nSPS) is 18.5. The van der Waals surface area contributed by atoms with Gasteiger partial charge in [-0.2, -0.15) is 0 Å². The molecule has 0 aliphatic heterocycles. The van der Waals surface area contributed by atoms with Crippen LogP contribution >= 0.6 is 11.3 Å². The highest BCUT2D eigenvalue weighted by Gasteiger charge is 2.34. The Kier molecular flexibility index (Phi) is 6.75. The lowest BCUT2D eigenvalue weighted by Gasteiger charge is -2.26. The van der Waals surface area contributed by atoms with Gasteiger partial charge >= 0.3 is 6.09 Å². The van der Waals surface area contributed by atoms with Crippen molar-refractivity contribution in [3.05, 3.63) is 16.0 Å². The highest BCUT2D eigenvalue weighted by molar-refractivity contribution is 7.17. The fourth-order valence-corrected chi connectivity index (χ4v) is 4.70. The van der Waals surface area contributed by atoms with Crippen LogP contribution in [0.15, 0.2) is 0 Å². The molecule has 166 valence electrons. The van der Waals surface area contributed by atoms with Crippen molar-refractivity contribution >= 4 is 34.2 Å². The maximum Gasteiger partial charge on any atom is 0.407 e. The smallest absolute Gasteiger partial charge is 0.407 e. The number of amides is 3. The fraction of sp³-hybridized carbons (Fsp3) is 0.682. The molecule has 1 unspecified atom stereocenters. The maximum atomic E-state index is 13.0. The van der Waals surface area contributed by atoms with Gasteiger partial charge in [0.25, 0.3) is 5.91 Å². The molecular formula is C22H33N3O4S. The Morgan fingerprint density at radius 3 is 2.47 bits per heavy atom. The molecule has 0 spiro atoms. The number of alkyl carbamates (subject to hydrolysis) is 1. The highest BCUT2D eigenvalue weighted by atomic mass is 32.1. The van der Waals surface area contributed by atoms with Crippen molar-refractivity contribution in [3.63, 3.8) is 0 Å². The fourth-order valence-electron chi connectivity index (χ4n) is 3.45. The summed E-state index contributed by atoms with van der Waals surface area (Å²) in [7, 11) is 0. The van der Waals surface area contributed by atoms with Gasteiger partial charge in [-0.15, -0.1) is 11.3 Å². The van der Waals surface area contributed by atoms with Crippen molar-refractivity contribution in [2.24, 2.45) is 11.8 Å². The molecule has 0 aromatic carbocycles. The minimum Gasteiger partial charge on any atom is -0.444 e. The minimum atomic E-state index is -0.561. The van der Waals surface area contributed by atoms with Gasteiger partial charge in [0.1, 0.15) is 10.6 Å². The molecule has 1 fully saturated rings. The summed E-state index contributed by atoms with van der Waals surface area (Å²) >= 11 is 1.49. The lowest BCUT2D eigenvalue weighted by Crippen LogP contribution is -2.42. The first-order valence-corrected chi connectivity index (χ1v) is 11.6. The lowest BCUT2D eigenvalue weighted by molar-refractivity contribution is -0.117. The van der Waals surface area contributed by atoms with Crippen molar-refractivity contribution in [2.45, 2.75) is 78.4 Å². The number of aryl methyl sites for hydroxylation is 1. The molecule has 7 nitrogen and oxygen atoms in total. The van der Waals surface area contributed by atoms with E-state index in [9.17, 15) is 14.4 Å². The van der Waals surface area contributed by atoms with E-state index in [0.29, 0.717) is 29.4 Å². The Morgan fingerprint density at radius 2 is 1.87 bits per heavy atom. The molecule has 1 atom stereocenters. The zero-order valence-corrected chi connectivity index (χ0v) is 19.3. The van der Waals surface area contributed by atoms with Gasteiger partial charge in [0, 0.05) is 23.4 Å². The van der Waals surface area contributed by atoms with E-state index in [-0.39, 0.29) is 23.8 Å². The number of thiophene rings is 1. The molecule has 3 N–H and O–H groups in total. The van der Waals surface area contributed by atoms with Gasteiger partial charge in [-0.25, -0.2) is 4.79 Å². The van der Waals surface area contributed by atoms with Crippen LogP contribution in [0, 0.1) is 11.8 Å². The molecule has 3 amide bonds. The molecule has 0 radical (unpaired) electrons. The first-order valence-electron chi connectivity index (χ1n) is 10.8. The van der Waals surface area contributed by atoms with Gasteiger partial charge in [-0.3, -0.25) is 9.59 Å². The summed E-state index contributed by atoms with van der Waals surface area (Å²) in [5.41, 5.74) is 0.925. The van der Waals surface area contributed by atoms with Gasteiger partial charge in [-0.1, -0.05) is 13.8 Å². The monoisotopic (exact) mass is 435 g/mol. The quantitative estimate of drug-likeness (QED) is 0.632. The largest absolute Gasteiger partial charge is 0.444 e. The SMILES string of the molecule is CC(C)CNC(=O)c1c(NC(=O)C2CC2)sc2c1CC(NC(=O)OC(C)(C)C)CC2. The van der Waals surface area contributed by atoms with E-state index in [1.54, 1.807) is 0 Å². The van der Waals surface area contributed by atoms with Gasteiger partial charge in [0.15, 0.2) is 0 Å². The number of rotatable bonds is 6. The summed E-state index contributed by atoms with van der Waals surface area (Å²) < 4.78 is 5.38. The number of hydrogen-bond donors (Lipinski definition) is 3. The second-order valence-corrected chi connectivity index (χ2v) is 10.8. The summed E-state index contributed by atoms with van der Waals surface area (Å²) in [6.07, 6.45) is 3.45. The van der Waals surface area contributed by atoms with Crippen LogP contribution in [0.2, 0.25) is 0 Å². The van der Waals surface area contributed by atoms with Crippen molar-refractivity contribution in [1.82, 2.24) is 10.6 Å². The maximum absolute atomic E-state index is 13.0. The Hall–Kier alpha value is -2.09. The Balaban J connectivity index is 1.79. The second-order valence-electron chi connectivity index (χ2n) is 9.66. The highest BCUT2D eigenvalue weighted by Crippen LogP contribution is 2.40. The van der Waals surface area contributed by atoms with Crippen LogP contribution < -0.4 is 16.0 Å².